The van der Waals surface area contributed by atoms with E-state index < -0.39 is 6.61 Å². The van der Waals surface area contributed by atoms with Gasteiger partial charge < -0.3 is 15.4 Å². The number of halogens is 2. The number of anilines is 1. The summed E-state index contributed by atoms with van der Waals surface area (Å²) in [7, 11) is 0. The molecular weight excluding hydrogens is 342 g/mol. The van der Waals surface area contributed by atoms with E-state index >= 15 is 0 Å². The summed E-state index contributed by atoms with van der Waals surface area (Å²) in [6.07, 6.45) is 4.19. The Morgan fingerprint density at radius 2 is 2.08 bits per heavy atom. The maximum atomic E-state index is 12.3. The SMILES string of the molecule is N#Cc1cccnc1NCCNC(=O)C=Cc1ccccc1OC(F)F. The molecule has 0 radical (unpaired) electrons. The number of carbonyl (C=O) groups is 1. The van der Waals surface area contributed by atoms with Gasteiger partial charge in [0.05, 0.1) is 5.56 Å². The van der Waals surface area contributed by atoms with Gasteiger partial charge in [-0.25, -0.2) is 4.98 Å². The molecule has 0 saturated carbocycles. The van der Waals surface area contributed by atoms with Gasteiger partial charge in [0.25, 0.3) is 0 Å². The summed E-state index contributed by atoms with van der Waals surface area (Å²) >= 11 is 0. The molecule has 0 bridgehead atoms. The van der Waals surface area contributed by atoms with Crippen LogP contribution in [-0.2, 0) is 4.79 Å². The van der Waals surface area contributed by atoms with Gasteiger partial charge in [-0.05, 0) is 24.3 Å². The van der Waals surface area contributed by atoms with Crippen molar-refractivity contribution < 1.29 is 18.3 Å². The normalized spacial score (nSPS) is 10.5. The lowest BCUT2D eigenvalue weighted by Gasteiger charge is -2.08. The fourth-order valence-electron chi connectivity index (χ4n) is 2.05. The minimum atomic E-state index is -2.94. The molecule has 134 valence electrons. The summed E-state index contributed by atoms with van der Waals surface area (Å²) < 4.78 is 29.1. The van der Waals surface area contributed by atoms with E-state index in [1.165, 1.54) is 18.2 Å². The smallest absolute Gasteiger partial charge is 0.387 e. The van der Waals surface area contributed by atoms with Gasteiger partial charge in [-0.2, -0.15) is 14.0 Å². The van der Waals surface area contributed by atoms with Gasteiger partial charge in [-0.3, -0.25) is 4.79 Å². The van der Waals surface area contributed by atoms with Crippen molar-refractivity contribution in [3.63, 3.8) is 0 Å². The molecule has 0 spiro atoms. The summed E-state index contributed by atoms with van der Waals surface area (Å²) in [5.41, 5.74) is 0.780. The number of pyridine rings is 1. The molecule has 2 aromatic rings. The highest BCUT2D eigenvalue weighted by atomic mass is 19.3. The molecule has 1 aromatic heterocycles. The minimum absolute atomic E-state index is 0.00704. The van der Waals surface area contributed by atoms with Crippen LogP contribution in [0.3, 0.4) is 0 Å². The van der Waals surface area contributed by atoms with Gasteiger partial charge in [0.1, 0.15) is 17.6 Å². The van der Waals surface area contributed by atoms with Crippen LogP contribution in [0.15, 0.2) is 48.7 Å². The number of benzene rings is 1. The van der Waals surface area contributed by atoms with Crippen LogP contribution < -0.4 is 15.4 Å². The van der Waals surface area contributed by atoms with E-state index in [1.54, 1.807) is 36.5 Å². The molecule has 0 aliphatic heterocycles. The number of amides is 1. The quantitative estimate of drug-likeness (QED) is 0.560. The molecule has 1 aromatic carbocycles. The molecule has 26 heavy (non-hydrogen) atoms. The molecule has 1 heterocycles. The van der Waals surface area contributed by atoms with Crippen molar-refractivity contribution in [3.8, 4) is 11.8 Å². The average molecular weight is 358 g/mol. The van der Waals surface area contributed by atoms with Crippen LogP contribution in [0.2, 0.25) is 0 Å². The van der Waals surface area contributed by atoms with Crippen molar-refractivity contribution in [2.24, 2.45) is 0 Å². The summed E-state index contributed by atoms with van der Waals surface area (Å²) in [5.74, 6) is 0.0467. The monoisotopic (exact) mass is 358 g/mol. The Balaban J connectivity index is 1.82. The average Bonchev–Trinajstić information content (AvgIpc) is 2.64. The predicted molar refractivity (Wildman–Crippen MR) is 92.6 cm³/mol. The topological polar surface area (TPSA) is 87.0 Å². The number of nitriles is 1. The third-order valence-electron chi connectivity index (χ3n) is 3.19. The zero-order valence-electron chi connectivity index (χ0n) is 13.7. The van der Waals surface area contributed by atoms with Crippen LogP contribution >= 0.6 is 0 Å². The van der Waals surface area contributed by atoms with Crippen molar-refractivity contribution in [2.75, 3.05) is 18.4 Å². The molecule has 0 saturated heterocycles. The molecule has 0 atom stereocenters. The van der Waals surface area contributed by atoms with E-state index in [9.17, 15) is 13.6 Å². The van der Waals surface area contributed by atoms with Crippen LogP contribution in [0, 0.1) is 11.3 Å². The molecule has 6 nitrogen and oxygen atoms in total. The highest BCUT2D eigenvalue weighted by Gasteiger charge is 2.07. The van der Waals surface area contributed by atoms with Crippen molar-refractivity contribution >= 4 is 17.8 Å². The lowest BCUT2D eigenvalue weighted by molar-refractivity contribution is -0.116. The lowest BCUT2D eigenvalue weighted by Crippen LogP contribution is -2.27. The Morgan fingerprint density at radius 1 is 1.27 bits per heavy atom. The van der Waals surface area contributed by atoms with Crippen molar-refractivity contribution in [1.82, 2.24) is 10.3 Å². The first-order valence-electron chi connectivity index (χ1n) is 7.69. The summed E-state index contributed by atoms with van der Waals surface area (Å²) in [4.78, 5) is 15.8. The largest absolute Gasteiger partial charge is 0.434 e. The third-order valence-corrected chi connectivity index (χ3v) is 3.19. The molecule has 0 fully saturated rings. The molecule has 0 aliphatic carbocycles. The van der Waals surface area contributed by atoms with E-state index in [0.29, 0.717) is 30.0 Å². The number of carbonyl (C=O) groups excluding carboxylic acids is 1. The minimum Gasteiger partial charge on any atom is -0.434 e. The van der Waals surface area contributed by atoms with Gasteiger partial charge >= 0.3 is 6.61 Å². The lowest BCUT2D eigenvalue weighted by atomic mass is 10.2. The number of hydrogen-bond donors (Lipinski definition) is 2. The Kier molecular flexibility index (Phi) is 7.06. The van der Waals surface area contributed by atoms with Crippen LogP contribution in [-0.4, -0.2) is 30.6 Å². The Hall–Kier alpha value is -3.47. The zero-order valence-corrected chi connectivity index (χ0v) is 13.7. The van der Waals surface area contributed by atoms with Gasteiger partial charge in [0.2, 0.25) is 5.91 Å². The fourth-order valence-corrected chi connectivity index (χ4v) is 2.05. The van der Waals surface area contributed by atoms with E-state index in [4.69, 9.17) is 5.26 Å². The molecule has 2 rings (SSSR count). The highest BCUT2D eigenvalue weighted by Crippen LogP contribution is 2.21. The van der Waals surface area contributed by atoms with Crippen LogP contribution in [0.4, 0.5) is 14.6 Å². The second-order valence-corrected chi connectivity index (χ2v) is 4.98. The standard InChI is InChI=1S/C18H16F2N4O2/c19-18(20)26-15-6-2-1-4-13(15)7-8-16(25)22-10-11-24-17-14(12-21)5-3-9-23-17/h1-9,18H,10-11H2,(H,22,25)(H,23,24). The molecule has 0 unspecified atom stereocenters. The van der Waals surface area contributed by atoms with Crippen molar-refractivity contribution in [3.05, 3.63) is 59.8 Å². The zero-order chi connectivity index (χ0) is 18.8. The molecule has 8 heteroatoms. The van der Waals surface area contributed by atoms with Crippen LogP contribution in [0.1, 0.15) is 11.1 Å². The predicted octanol–water partition coefficient (Wildman–Crippen LogP) is 2.80. The highest BCUT2D eigenvalue weighted by molar-refractivity contribution is 5.92. The number of nitrogens with one attached hydrogen (secondary N) is 2. The van der Waals surface area contributed by atoms with Crippen LogP contribution in [0.25, 0.3) is 6.08 Å². The van der Waals surface area contributed by atoms with E-state index in [-0.39, 0.29) is 11.7 Å². The fraction of sp³-hybridized carbons (Fsp3) is 0.167. The first kappa shape index (κ1) is 18.9. The van der Waals surface area contributed by atoms with E-state index in [1.807, 2.05) is 6.07 Å². The number of ether oxygens (including phenoxy) is 1. The van der Waals surface area contributed by atoms with E-state index in [2.05, 4.69) is 20.4 Å². The van der Waals surface area contributed by atoms with Crippen LogP contribution in [0.5, 0.6) is 5.75 Å². The van der Waals surface area contributed by atoms with Gasteiger partial charge in [0.15, 0.2) is 0 Å². The molecule has 1 amide bonds. The first-order chi connectivity index (χ1) is 12.6. The maximum Gasteiger partial charge on any atom is 0.387 e. The van der Waals surface area contributed by atoms with Gasteiger partial charge in [-0.1, -0.05) is 18.2 Å². The molecule has 2 N–H and O–H groups in total. The third kappa shape index (κ3) is 5.87. The number of para-hydroxylation sites is 1. The first-order valence-corrected chi connectivity index (χ1v) is 7.69. The van der Waals surface area contributed by atoms with Gasteiger partial charge in [0, 0.05) is 30.9 Å². The second-order valence-electron chi connectivity index (χ2n) is 4.98. The Bertz CT molecular complexity index is 819. The number of hydrogen-bond acceptors (Lipinski definition) is 5. The number of aromatic nitrogens is 1. The Morgan fingerprint density at radius 3 is 2.85 bits per heavy atom. The van der Waals surface area contributed by atoms with Crippen molar-refractivity contribution in [2.45, 2.75) is 6.61 Å². The van der Waals surface area contributed by atoms with Crippen molar-refractivity contribution in [1.29, 1.82) is 5.26 Å². The van der Waals surface area contributed by atoms with Gasteiger partial charge in [-0.15, -0.1) is 0 Å². The summed E-state index contributed by atoms with van der Waals surface area (Å²) in [5, 5.41) is 14.5. The summed E-state index contributed by atoms with van der Waals surface area (Å²) in [6, 6.07) is 11.5. The number of rotatable bonds is 8. The number of alkyl halides is 2. The van der Waals surface area contributed by atoms with E-state index in [0.717, 1.165) is 0 Å². The second kappa shape index (κ2) is 9.74. The summed E-state index contributed by atoms with van der Waals surface area (Å²) in [6.45, 7) is -2.27. The Labute approximate surface area is 149 Å². The molecular formula is C18H16F2N4O2. The maximum absolute atomic E-state index is 12.3. The molecule has 0 aliphatic rings. The number of nitrogens with zero attached hydrogens (tertiary/aromatic N) is 2.